The van der Waals surface area contributed by atoms with Gasteiger partial charge in [-0.1, -0.05) is 32.9 Å². The Kier molecular flexibility index (Phi) is 5.71. The Morgan fingerprint density at radius 1 is 1.09 bits per heavy atom. The van der Waals surface area contributed by atoms with Gasteiger partial charge in [-0.15, -0.1) is 0 Å². The summed E-state index contributed by atoms with van der Waals surface area (Å²) in [5.74, 6) is -1.63. The van der Waals surface area contributed by atoms with Crippen LogP contribution >= 0.6 is 0 Å². The summed E-state index contributed by atoms with van der Waals surface area (Å²) in [5.41, 5.74) is 0.848. The second-order valence-corrected chi connectivity index (χ2v) is 9.35. The Balaban J connectivity index is 1.66. The highest BCUT2D eigenvalue weighted by Gasteiger charge is 2.36. The molecule has 3 aromatic rings. The molecule has 1 fully saturated rings. The van der Waals surface area contributed by atoms with Crippen LogP contribution in [0.15, 0.2) is 42.5 Å². The number of hydrogen-bond donors (Lipinski definition) is 2. The van der Waals surface area contributed by atoms with Gasteiger partial charge >= 0.3 is 0 Å². The number of halogens is 2. The Labute approximate surface area is 185 Å². The van der Waals surface area contributed by atoms with Gasteiger partial charge in [-0.3, -0.25) is 14.3 Å². The molecular formula is C24H26F2N4O2. The number of benzene rings is 2. The van der Waals surface area contributed by atoms with Crippen LogP contribution in [0.1, 0.15) is 49.7 Å². The summed E-state index contributed by atoms with van der Waals surface area (Å²) in [6.45, 7) is 5.89. The summed E-state index contributed by atoms with van der Waals surface area (Å²) >= 11 is 0. The van der Waals surface area contributed by atoms with Crippen molar-refractivity contribution in [1.82, 2.24) is 20.4 Å². The first-order valence-electron chi connectivity index (χ1n) is 10.6. The number of rotatable bonds is 6. The zero-order valence-corrected chi connectivity index (χ0v) is 18.3. The maximum absolute atomic E-state index is 14.0. The Bertz CT molecular complexity index is 1160. The van der Waals surface area contributed by atoms with E-state index in [0.717, 1.165) is 18.4 Å². The predicted octanol–water partition coefficient (Wildman–Crippen LogP) is 3.79. The highest BCUT2D eigenvalue weighted by atomic mass is 19.1. The third kappa shape index (κ3) is 4.79. The molecule has 8 heteroatoms. The van der Waals surface area contributed by atoms with Crippen LogP contribution in [0, 0.1) is 17.0 Å². The quantitative estimate of drug-likeness (QED) is 0.613. The van der Waals surface area contributed by atoms with E-state index in [1.165, 1.54) is 24.3 Å². The molecular weight excluding hydrogens is 414 g/mol. The van der Waals surface area contributed by atoms with Gasteiger partial charge in [0.2, 0.25) is 5.91 Å². The number of fused-ring (bicyclic) bond motifs is 1. The van der Waals surface area contributed by atoms with Crippen LogP contribution < -0.4 is 10.6 Å². The highest BCUT2D eigenvalue weighted by Crippen LogP contribution is 2.25. The van der Waals surface area contributed by atoms with Gasteiger partial charge < -0.3 is 10.6 Å². The van der Waals surface area contributed by atoms with Crippen molar-refractivity contribution < 1.29 is 18.4 Å². The average Bonchev–Trinajstić information content (AvgIpc) is 3.46. The maximum Gasteiger partial charge on any atom is 0.273 e. The summed E-state index contributed by atoms with van der Waals surface area (Å²) < 4.78 is 28.8. The van der Waals surface area contributed by atoms with Gasteiger partial charge in [0.05, 0.1) is 12.1 Å². The second-order valence-electron chi connectivity index (χ2n) is 9.35. The van der Waals surface area contributed by atoms with Crippen molar-refractivity contribution in [3.8, 4) is 0 Å². The number of carbonyl (C=O) groups excluding carboxylic acids is 2. The van der Waals surface area contributed by atoms with E-state index in [-0.39, 0.29) is 30.0 Å². The molecule has 4 rings (SSSR count). The fourth-order valence-corrected chi connectivity index (χ4v) is 3.59. The topological polar surface area (TPSA) is 76.0 Å². The monoisotopic (exact) mass is 440 g/mol. The van der Waals surface area contributed by atoms with E-state index in [1.54, 1.807) is 22.9 Å². The molecule has 6 nitrogen and oxygen atoms in total. The van der Waals surface area contributed by atoms with E-state index in [1.807, 2.05) is 20.8 Å². The van der Waals surface area contributed by atoms with Gasteiger partial charge in [0.25, 0.3) is 5.91 Å². The molecule has 0 radical (unpaired) electrons. The standard InChI is InChI=1S/C24H26F2N4O2/c1-24(2,3)21(23(32)27-17-9-10-17)28-22(31)20-18-12-16(26)8-11-19(18)30(29-20)13-14-4-6-15(25)7-5-14/h4-8,11-12,17,21H,9-10,13H2,1-3H3,(H,27,32)(H,28,31)/t21-/m1/s1. The lowest BCUT2D eigenvalue weighted by Gasteiger charge is -2.30. The molecule has 1 atom stereocenters. The van der Waals surface area contributed by atoms with Crippen molar-refractivity contribution in [2.24, 2.45) is 5.41 Å². The maximum atomic E-state index is 14.0. The summed E-state index contributed by atoms with van der Waals surface area (Å²) in [5, 5.41) is 10.5. The van der Waals surface area contributed by atoms with Crippen molar-refractivity contribution in [2.45, 2.75) is 52.2 Å². The molecule has 0 spiro atoms. The van der Waals surface area contributed by atoms with Gasteiger partial charge in [-0.05, 0) is 54.2 Å². The Morgan fingerprint density at radius 3 is 2.38 bits per heavy atom. The smallest absolute Gasteiger partial charge is 0.273 e. The number of nitrogens with one attached hydrogen (secondary N) is 2. The Hall–Kier alpha value is -3.29. The number of aromatic nitrogens is 2. The van der Waals surface area contributed by atoms with Crippen LogP contribution in [0.4, 0.5) is 8.78 Å². The summed E-state index contributed by atoms with van der Waals surface area (Å²) in [7, 11) is 0. The van der Waals surface area contributed by atoms with Crippen LogP contribution in [0.3, 0.4) is 0 Å². The molecule has 2 amide bonds. The highest BCUT2D eigenvalue weighted by molar-refractivity contribution is 6.06. The zero-order chi connectivity index (χ0) is 23.0. The predicted molar refractivity (Wildman–Crippen MR) is 117 cm³/mol. The first-order chi connectivity index (χ1) is 15.1. The van der Waals surface area contributed by atoms with Crippen LogP contribution in [0.25, 0.3) is 10.9 Å². The first-order valence-corrected chi connectivity index (χ1v) is 10.6. The third-order valence-corrected chi connectivity index (χ3v) is 5.50. The number of amides is 2. The summed E-state index contributed by atoms with van der Waals surface area (Å²) in [4.78, 5) is 26.0. The van der Waals surface area contributed by atoms with Crippen molar-refractivity contribution in [2.75, 3.05) is 0 Å². The average molecular weight is 440 g/mol. The normalized spacial score (nSPS) is 14.9. The number of carbonyl (C=O) groups is 2. The van der Waals surface area contributed by atoms with Gasteiger partial charge in [0.1, 0.15) is 17.7 Å². The van der Waals surface area contributed by atoms with E-state index in [0.29, 0.717) is 10.9 Å². The summed E-state index contributed by atoms with van der Waals surface area (Å²) in [6.07, 6.45) is 1.88. The van der Waals surface area contributed by atoms with Gasteiger partial charge in [-0.25, -0.2) is 8.78 Å². The molecule has 0 saturated heterocycles. The molecule has 2 aromatic carbocycles. The minimum absolute atomic E-state index is 0.0371. The van der Waals surface area contributed by atoms with E-state index >= 15 is 0 Å². The number of nitrogens with zero attached hydrogens (tertiary/aromatic N) is 2. The SMILES string of the molecule is CC(C)(C)[C@H](NC(=O)c1nn(Cc2ccc(F)cc2)c2ccc(F)cc12)C(=O)NC1CC1. The Morgan fingerprint density at radius 2 is 1.75 bits per heavy atom. The molecule has 1 aromatic heterocycles. The van der Waals surface area contributed by atoms with Gasteiger partial charge in [0.15, 0.2) is 5.69 Å². The molecule has 1 saturated carbocycles. The van der Waals surface area contributed by atoms with Crippen molar-refractivity contribution in [3.05, 3.63) is 65.4 Å². The van der Waals surface area contributed by atoms with Crippen LogP contribution in [-0.2, 0) is 11.3 Å². The molecule has 168 valence electrons. The number of hydrogen-bond acceptors (Lipinski definition) is 3. The van der Waals surface area contributed by atoms with Crippen molar-refractivity contribution in [3.63, 3.8) is 0 Å². The lowest BCUT2D eigenvalue weighted by molar-refractivity contribution is -0.125. The van der Waals surface area contributed by atoms with Crippen molar-refractivity contribution in [1.29, 1.82) is 0 Å². The van der Waals surface area contributed by atoms with E-state index in [2.05, 4.69) is 15.7 Å². The first kappa shape index (κ1) is 21.9. The van der Waals surface area contributed by atoms with Gasteiger partial charge in [-0.2, -0.15) is 5.10 Å². The third-order valence-electron chi connectivity index (χ3n) is 5.50. The van der Waals surface area contributed by atoms with Crippen LogP contribution in [0.2, 0.25) is 0 Å². The molecule has 0 aliphatic heterocycles. The molecule has 2 N–H and O–H groups in total. The largest absolute Gasteiger partial charge is 0.352 e. The molecule has 0 unspecified atom stereocenters. The van der Waals surface area contributed by atoms with Crippen LogP contribution in [-0.4, -0.2) is 33.7 Å². The molecule has 32 heavy (non-hydrogen) atoms. The molecule has 1 aliphatic carbocycles. The van der Waals surface area contributed by atoms with Crippen LogP contribution in [0.5, 0.6) is 0 Å². The molecule has 1 aliphatic rings. The van der Waals surface area contributed by atoms with Crippen molar-refractivity contribution >= 4 is 22.7 Å². The fourth-order valence-electron chi connectivity index (χ4n) is 3.59. The lowest BCUT2D eigenvalue weighted by Crippen LogP contribution is -2.54. The fraction of sp³-hybridized carbons (Fsp3) is 0.375. The lowest BCUT2D eigenvalue weighted by atomic mass is 9.86. The van der Waals surface area contributed by atoms with E-state index in [9.17, 15) is 18.4 Å². The molecule has 0 bridgehead atoms. The summed E-state index contributed by atoms with van der Waals surface area (Å²) in [6, 6.07) is 9.45. The zero-order valence-electron chi connectivity index (χ0n) is 18.3. The second kappa shape index (κ2) is 8.33. The minimum atomic E-state index is -0.776. The molecule has 1 heterocycles. The van der Waals surface area contributed by atoms with Gasteiger partial charge in [0, 0.05) is 11.4 Å². The van der Waals surface area contributed by atoms with E-state index < -0.39 is 23.2 Å². The minimum Gasteiger partial charge on any atom is -0.352 e. The van der Waals surface area contributed by atoms with E-state index in [4.69, 9.17) is 0 Å².